The molecule has 4 heteroatoms. The van der Waals surface area contributed by atoms with Gasteiger partial charge in [-0.25, -0.2) is 0 Å². The largest absolute Gasteiger partial charge is 0.370 e. The maximum Gasteiger partial charge on any atom is 0.223 e. The van der Waals surface area contributed by atoms with Crippen molar-refractivity contribution in [1.82, 2.24) is 4.90 Å². The van der Waals surface area contributed by atoms with Crippen LogP contribution in [0.2, 0.25) is 0 Å². The number of benzene rings is 1. The Bertz CT molecular complexity index is 453. The van der Waals surface area contributed by atoms with E-state index < -0.39 is 0 Å². The Hall–Kier alpha value is -1.84. The molecule has 0 aromatic heterocycles. The first-order valence-corrected chi connectivity index (χ1v) is 6.19. The molecule has 1 aromatic rings. The molecule has 1 aliphatic heterocycles. The fraction of sp³-hybridized carbons (Fsp3) is 0.429. The number of nitrogens with two attached hydrogens (primary N) is 1. The minimum absolute atomic E-state index is 0.0312. The van der Waals surface area contributed by atoms with E-state index >= 15 is 0 Å². The van der Waals surface area contributed by atoms with Gasteiger partial charge in [0.2, 0.25) is 11.8 Å². The minimum Gasteiger partial charge on any atom is -0.370 e. The number of amides is 2. The summed E-state index contributed by atoms with van der Waals surface area (Å²) in [7, 11) is 0. The van der Waals surface area contributed by atoms with Gasteiger partial charge in [0.05, 0.1) is 0 Å². The van der Waals surface area contributed by atoms with Gasteiger partial charge >= 0.3 is 0 Å². The summed E-state index contributed by atoms with van der Waals surface area (Å²) in [6.45, 7) is 2.59. The topological polar surface area (TPSA) is 63.4 Å². The van der Waals surface area contributed by atoms with Crippen molar-refractivity contribution < 1.29 is 9.59 Å². The molecular formula is C14H18N2O2. The van der Waals surface area contributed by atoms with Crippen LogP contribution >= 0.6 is 0 Å². The molecule has 0 saturated carbocycles. The normalized spacial score (nSPS) is 19.3. The van der Waals surface area contributed by atoms with Gasteiger partial charge in [0.1, 0.15) is 0 Å². The van der Waals surface area contributed by atoms with E-state index in [4.69, 9.17) is 5.73 Å². The van der Waals surface area contributed by atoms with Crippen LogP contribution in [0.5, 0.6) is 0 Å². The molecule has 0 radical (unpaired) electrons. The van der Waals surface area contributed by atoms with E-state index in [0.29, 0.717) is 13.0 Å². The van der Waals surface area contributed by atoms with E-state index in [1.165, 1.54) is 5.56 Å². The standard InChI is InChI=1S/C14H18N2O2/c1-10-2-4-11(5-3-10)9-16-12(8-13(15)17)6-7-14(16)18/h2-5,12H,6-9H2,1H3,(H2,15,17). The van der Waals surface area contributed by atoms with Crippen LogP contribution in [0, 0.1) is 6.92 Å². The van der Waals surface area contributed by atoms with Crippen molar-refractivity contribution in [3.05, 3.63) is 35.4 Å². The Balaban J connectivity index is 2.07. The molecule has 2 rings (SSSR count). The first-order valence-electron chi connectivity index (χ1n) is 6.19. The van der Waals surface area contributed by atoms with E-state index in [0.717, 1.165) is 12.0 Å². The van der Waals surface area contributed by atoms with Crippen molar-refractivity contribution in [2.24, 2.45) is 5.73 Å². The van der Waals surface area contributed by atoms with Crippen LogP contribution in [0.1, 0.15) is 30.4 Å². The molecule has 2 amide bonds. The Kier molecular flexibility index (Phi) is 3.65. The molecule has 2 N–H and O–H groups in total. The number of rotatable bonds is 4. The van der Waals surface area contributed by atoms with Gasteiger partial charge in [0, 0.05) is 25.4 Å². The molecule has 1 aromatic carbocycles. The van der Waals surface area contributed by atoms with E-state index in [-0.39, 0.29) is 24.3 Å². The van der Waals surface area contributed by atoms with Gasteiger partial charge < -0.3 is 10.6 Å². The Morgan fingerprint density at radius 2 is 2.06 bits per heavy atom. The molecular weight excluding hydrogens is 228 g/mol. The Morgan fingerprint density at radius 1 is 1.39 bits per heavy atom. The zero-order valence-electron chi connectivity index (χ0n) is 10.6. The summed E-state index contributed by atoms with van der Waals surface area (Å²) >= 11 is 0. The van der Waals surface area contributed by atoms with Crippen LogP contribution in [0.15, 0.2) is 24.3 Å². The number of primary amides is 1. The minimum atomic E-state index is -0.344. The third-order valence-corrected chi connectivity index (χ3v) is 3.36. The quantitative estimate of drug-likeness (QED) is 0.872. The van der Waals surface area contributed by atoms with Gasteiger partial charge in [0.15, 0.2) is 0 Å². The van der Waals surface area contributed by atoms with Crippen LogP contribution in [-0.2, 0) is 16.1 Å². The molecule has 1 fully saturated rings. The summed E-state index contributed by atoms with van der Waals surface area (Å²) in [4.78, 5) is 24.6. The summed E-state index contributed by atoms with van der Waals surface area (Å²) in [5, 5.41) is 0. The zero-order valence-corrected chi connectivity index (χ0v) is 10.6. The highest BCUT2D eigenvalue weighted by molar-refractivity contribution is 5.81. The molecule has 96 valence electrons. The van der Waals surface area contributed by atoms with Gasteiger partial charge in [0.25, 0.3) is 0 Å². The highest BCUT2D eigenvalue weighted by atomic mass is 16.2. The fourth-order valence-corrected chi connectivity index (χ4v) is 2.35. The van der Waals surface area contributed by atoms with E-state index in [1.54, 1.807) is 4.90 Å². The number of likely N-dealkylation sites (tertiary alicyclic amines) is 1. The third kappa shape index (κ3) is 2.88. The number of carbonyl (C=O) groups excluding carboxylic acids is 2. The van der Waals surface area contributed by atoms with Gasteiger partial charge in [-0.05, 0) is 18.9 Å². The van der Waals surface area contributed by atoms with Gasteiger partial charge in [-0.15, -0.1) is 0 Å². The third-order valence-electron chi connectivity index (χ3n) is 3.36. The molecule has 1 aliphatic rings. The van der Waals surface area contributed by atoms with Crippen molar-refractivity contribution in [3.8, 4) is 0 Å². The van der Waals surface area contributed by atoms with Crippen molar-refractivity contribution in [2.75, 3.05) is 0 Å². The summed E-state index contributed by atoms with van der Waals surface area (Å²) < 4.78 is 0. The smallest absolute Gasteiger partial charge is 0.223 e. The second kappa shape index (κ2) is 5.21. The number of nitrogens with zero attached hydrogens (tertiary/aromatic N) is 1. The lowest BCUT2D eigenvalue weighted by molar-refractivity contribution is -0.130. The number of hydrogen-bond donors (Lipinski definition) is 1. The Morgan fingerprint density at radius 3 is 2.67 bits per heavy atom. The molecule has 1 heterocycles. The second-order valence-electron chi connectivity index (χ2n) is 4.87. The zero-order chi connectivity index (χ0) is 13.1. The first kappa shape index (κ1) is 12.6. The Labute approximate surface area is 107 Å². The number of aryl methyl sites for hydroxylation is 1. The maximum atomic E-state index is 11.8. The summed E-state index contributed by atoms with van der Waals surface area (Å²) in [6, 6.07) is 8.05. The van der Waals surface area contributed by atoms with Crippen LogP contribution < -0.4 is 5.73 Å². The van der Waals surface area contributed by atoms with Crippen molar-refractivity contribution in [1.29, 1.82) is 0 Å². The number of carbonyl (C=O) groups is 2. The lowest BCUT2D eigenvalue weighted by atomic mass is 10.1. The molecule has 18 heavy (non-hydrogen) atoms. The molecule has 0 spiro atoms. The lowest BCUT2D eigenvalue weighted by Gasteiger charge is -2.24. The highest BCUT2D eigenvalue weighted by Crippen LogP contribution is 2.23. The van der Waals surface area contributed by atoms with Crippen LogP contribution in [0.25, 0.3) is 0 Å². The average Bonchev–Trinajstić information content (AvgIpc) is 2.64. The summed E-state index contributed by atoms with van der Waals surface area (Å²) in [5.74, 6) is -0.231. The van der Waals surface area contributed by atoms with Gasteiger partial charge in [-0.2, -0.15) is 0 Å². The van der Waals surface area contributed by atoms with Crippen LogP contribution in [0.4, 0.5) is 0 Å². The van der Waals surface area contributed by atoms with Crippen molar-refractivity contribution in [2.45, 2.75) is 38.8 Å². The molecule has 0 aliphatic carbocycles. The molecule has 1 unspecified atom stereocenters. The monoisotopic (exact) mass is 246 g/mol. The van der Waals surface area contributed by atoms with Crippen LogP contribution in [-0.4, -0.2) is 22.8 Å². The predicted molar refractivity (Wildman–Crippen MR) is 68.6 cm³/mol. The van der Waals surface area contributed by atoms with E-state index in [2.05, 4.69) is 0 Å². The second-order valence-corrected chi connectivity index (χ2v) is 4.87. The molecule has 0 bridgehead atoms. The first-order chi connectivity index (χ1) is 8.56. The fourth-order valence-electron chi connectivity index (χ4n) is 2.35. The lowest BCUT2D eigenvalue weighted by Crippen LogP contribution is -2.35. The van der Waals surface area contributed by atoms with E-state index in [1.807, 2.05) is 31.2 Å². The summed E-state index contributed by atoms with van der Waals surface area (Å²) in [5.41, 5.74) is 7.50. The predicted octanol–water partition coefficient (Wildman–Crippen LogP) is 1.36. The SMILES string of the molecule is Cc1ccc(CN2C(=O)CCC2CC(N)=O)cc1. The molecule has 1 atom stereocenters. The summed E-state index contributed by atoms with van der Waals surface area (Å²) in [6.07, 6.45) is 1.51. The van der Waals surface area contributed by atoms with Gasteiger partial charge in [-0.1, -0.05) is 29.8 Å². The van der Waals surface area contributed by atoms with E-state index in [9.17, 15) is 9.59 Å². The number of hydrogen-bond acceptors (Lipinski definition) is 2. The highest BCUT2D eigenvalue weighted by Gasteiger charge is 2.31. The van der Waals surface area contributed by atoms with Crippen LogP contribution in [0.3, 0.4) is 0 Å². The molecule has 1 saturated heterocycles. The van der Waals surface area contributed by atoms with Gasteiger partial charge in [-0.3, -0.25) is 9.59 Å². The van der Waals surface area contributed by atoms with Crippen molar-refractivity contribution >= 4 is 11.8 Å². The maximum absolute atomic E-state index is 11.8. The van der Waals surface area contributed by atoms with Crippen molar-refractivity contribution in [3.63, 3.8) is 0 Å². The molecule has 4 nitrogen and oxygen atoms in total. The average molecular weight is 246 g/mol.